The molecular weight excluding hydrogens is 252 g/mol. The van der Waals surface area contributed by atoms with Crippen LogP contribution in [0.15, 0.2) is 12.4 Å². The Bertz CT molecular complexity index is 432. The summed E-state index contributed by atoms with van der Waals surface area (Å²) in [5, 5.41) is 6.42. The Morgan fingerprint density at radius 3 is 3.06 bits per heavy atom. The van der Waals surface area contributed by atoms with E-state index in [0.717, 1.165) is 32.4 Å². The highest BCUT2D eigenvalue weighted by Crippen LogP contribution is 2.32. The zero-order chi connectivity index (χ0) is 13.0. The molecule has 2 rings (SSSR count). The third-order valence-corrected chi connectivity index (χ3v) is 3.54. The lowest BCUT2D eigenvalue weighted by molar-refractivity contribution is -0.125. The second-order valence-corrected chi connectivity index (χ2v) is 5.02. The molecule has 1 fully saturated rings. The van der Waals surface area contributed by atoms with Gasteiger partial charge in [0, 0.05) is 12.6 Å². The summed E-state index contributed by atoms with van der Waals surface area (Å²) in [7, 11) is 0. The lowest BCUT2D eigenvalue weighted by atomic mass is 9.81. The quantitative estimate of drug-likeness (QED) is 0.818. The van der Waals surface area contributed by atoms with E-state index in [2.05, 4.69) is 27.5 Å². The molecule has 0 radical (unpaired) electrons. The van der Waals surface area contributed by atoms with Crippen LogP contribution in [-0.4, -0.2) is 29.0 Å². The first-order chi connectivity index (χ1) is 8.66. The average Bonchev–Trinajstić information content (AvgIpc) is 2.79. The first-order valence-corrected chi connectivity index (χ1v) is 6.54. The summed E-state index contributed by atoms with van der Waals surface area (Å²) in [5.41, 5.74) is -0.313. The molecule has 0 spiro atoms. The van der Waals surface area contributed by atoms with Gasteiger partial charge in [0.2, 0.25) is 5.91 Å². The van der Waals surface area contributed by atoms with E-state index in [0.29, 0.717) is 11.0 Å². The minimum Gasteiger partial charge on any atom is -0.316 e. The molecule has 0 bridgehead atoms. The van der Waals surface area contributed by atoms with Gasteiger partial charge in [-0.25, -0.2) is 9.97 Å². The number of anilines is 1. The van der Waals surface area contributed by atoms with E-state index in [1.807, 2.05) is 0 Å². The molecule has 0 saturated carbocycles. The summed E-state index contributed by atoms with van der Waals surface area (Å²) in [4.78, 5) is 20.2. The maximum Gasteiger partial charge on any atom is 0.233 e. The van der Waals surface area contributed by atoms with Gasteiger partial charge in [0.15, 0.2) is 0 Å². The Kier molecular flexibility index (Phi) is 4.14. The SMILES string of the molecule is CCCC1(C(=O)Nc2cc(Cl)ncn2)CCNC1. The number of aromatic nitrogens is 2. The van der Waals surface area contributed by atoms with Gasteiger partial charge in [-0.2, -0.15) is 0 Å². The summed E-state index contributed by atoms with van der Waals surface area (Å²) < 4.78 is 0. The third-order valence-electron chi connectivity index (χ3n) is 3.33. The monoisotopic (exact) mass is 268 g/mol. The van der Waals surface area contributed by atoms with Crippen LogP contribution in [0.25, 0.3) is 0 Å². The molecule has 0 aromatic carbocycles. The molecule has 2 N–H and O–H groups in total. The van der Waals surface area contributed by atoms with Crippen LogP contribution in [0, 0.1) is 5.41 Å². The van der Waals surface area contributed by atoms with Crippen molar-refractivity contribution in [1.82, 2.24) is 15.3 Å². The predicted molar refractivity (Wildman–Crippen MR) is 70.5 cm³/mol. The molecule has 1 unspecified atom stereocenters. The van der Waals surface area contributed by atoms with Crippen molar-refractivity contribution >= 4 is 23.3 Å². The fourth-order valence-electron chi connectivity index (χ4n) is 2.39. The summed E-state index contributed by atoms with van der Waals surface area (Å²) in [6.45, 7) is 3.71. The molecule has 1 aliphatic rings. The van der Waals surface area contributed by atoms with E-state index in [1.165, 1.54) is 6.33 Å². The molecule has 0 aliphatic carbocycles. The highest BCUT2D eigenvalue weighted by molar-refractivity contribution is 6.29. The summed E-state index contributed by atoms with van der Waals surface area (Å²) in [6.07, 6.45) is 4.08. The minimum absolute atomic E-state index is 0.0177. The van der Waals surface area contributed by atoms with Crippen LogP contribution < -0.4 is 10.6 Å². The van der Waals surface area contributed by atoms with Crippen LogP contribution in [0.2, 0.25) is 5.15 Å². The zero-order valence-electron chi connectivity index (χ0n) is 10.4. The molecule has 98 valence electrons. The number of hydrogen-bond acceptors (Lipinski definition) is 4. The standard InChI is InChI=1S/C12H17ClN4O/c1-2-3-12(4-5-14-7-12)11(18)17-10-6-9(13)15-8-16-10/h6,8,14H,2-5,7H2,1H3,(H,15,16,17,18). The summed E-state index contributed by atoms with van der Waals surface area (Å²) in [5.74, 6) is 0.478. The van der Waals surface area contributed by atoms with Crippen molar-refractivity contribution in [1.29, 1.82) is 0 Å². The highest BCUT2D eigenvalue weighted by atomic mass is 35.5. The van der Waals surface area contributed by atoms with E-state index in [4.69, 9.17) is 11.6 Å². The van der Waals surface area contributed by atoms with E-state index in [1.54, 1.807) is 6.07 Å². The molecular formula is C12H17ClN4O. The van der Waals surface area contributed by atoms with Gasteiger partial charge in [0.05, 0.1) is 5.41 Å². The molecule has 1 saturated heterocycles. The van der Waals surface area contributed by atoms with Crippen molar-refractivity contribution in [2.45, 2.75) is 26.2 Å². The van der Waals surface area contributed by atoms with Gasteiger partial charge in [0.25, 0.3) is 0 Å². The maximum atomic E-state index is 12.4. The number of nitrogens with zero attached hydrogens (tertiary/aromatic N) is 2. The first-order valence-electron chi connectivity index (χ1n) is 6.16. The Labute approximate surface area is 111 Å². The molecule has 18 heavy (non-hydrogen) atoms. The highest BCUT2D eigenvalue weighted by Gasteiger charge is 2.40. The lowest BCUT2D eigenvalue weighted by Gasteiger charge is -2.26. The number of hydrogen-bond donors (Lipinski definition) is 2. The Morgan fingerprint density at radius 2 is 2.44 bits per heavy atom. The number of amides is 1. The second kappa shape index (κ2) is 5.63. The maximum absolute atomic E-state index is 12.4. The van der Waals surface area contributed by atoms with Gasteiger partial charge in [-0.3, -0.25) is 4.79 Å². The summed E-state index contributed by atoms with van der Waals surface area (Å²) >= 11 is 5.77. The van der Waals surface area contributed by atoms with Crippen LogP contribution in [0.1, 0.15) is 26.2 Å². The first kappa shape index (κ1) is 13.2. The number of rotatable bonds is 4. The van der Waals surface area contributed by atoms with Crippen molar-refractivity contribution in [3.8, 4) is 0 Å². The van der Waals surface area contributed by atoms with Gasteiger partial charge >= 0.3 is 0 Å². The van der Waals surface area contributed by atoms with Crippen LogP contribution in [0.4, 0.5) is 5.82 Å². The van der Waals surface area contributed by atoms with Crippen molar-refractivity contribution < 1.29 is 4.79 Å². The molecule has 1 atom stereocenters. The Hall–Kier alpha value is -1.20. The van der Waals surface area contributed by atoms with E-state index >= 15 is 0 Å². The van der Waals surface area contributed by atoms with Gasteiger partial charge in [-0.1, -0.05) is 24.9 Å². The van der Waals surface area contributed by atoms with Crippen LogP contribution >= 0.6 is 11.6 Å². The molecule has 1 aromatic heterocycles. The molecule has 1 amide bonds. The van der Waals surface area contributed by atoms with Gasteiger partial charge in [0.1, 0.15) is 17.3 Å². The largest absolute Gasteiger partial charge is 0.316 e. The van der Waals surface area contributed by atoms with E-state index < -0.39 is 0 Å². The third kappa shape index (κ3) is 2.79. The van der Waals surface area contributed by atoms with Crippen LogP contribution in [-0.2, 0) is 4.79 Å². The van der Waals surface area contributed by atoms with Crippen LogP contribution in [0.5, 0.6) is 0 Å². The van der Waals surface area contributed by atoms with Crippen LogP contribution in [0.3, 0.4) is 0 Å². The lowest BCUT2D eigenvalue weighted by Crippen LogP contribution is -2.38. The van der Waals surface area contributed by atoms with Crippen molar-refractivity contribution in [2.75, 3.05) is 18.4 Å². The van der Waals surface area contributed by atoms with Gasteiger partial charge < -0.3 is 10.6 Å². The molecule has 1 aromatic rings. The Balaban J connectivity index is 2.10. The van der Waals surface area contributed by atoms with Crippen molar-refractivity contribution in [3.05, 3.63) is 17.5 Å². The number of carbonyl (C=O) groups excluding carboxylic acids is 1. The van der Waals surface area contributed by atoms with Gasteiger partial charge in [-0.15, -0.1) is 0 Å². The molecule has 6 heteroatoms. The molecule has 5 nitrogen and oxygen atoms in total. The number of carbonyl (C=O) groups is 1. The minimum atomic E-state index is -0.313. The molecule has 2 heterocycles. The van der Waals surface area contributed by atoms with E-state index in [-0.39, 0.29) is 11.3 Å². The molecule has 1 aliphatic heterocycles. The zero-order valence-corrected chi connectivity index (χ0v) is 11.1. The van der Waals surface area contributed by atoms with E-state index in [9.17, 15) is 4.79 Å². The van der Waals surface area contributed by atoms with Gasteiger partial charge in [-0.05, 0) is 19.4 Å². The second-order valence-electron chi connectivity index (χ2n) is 4.64. The topological polar surface area (TPSA) is 66.9 Å². The number of nitrogens with one attached hydrogen (secondary N) is 2. The normalized spacial score (nSPS) is 23.0. The average molecular weight is 269 g/mol. The van der Waals surface area contributed by atoms with Crippen molar-refractivity contribution in [2.24, 2.45) is 5.41 Å². The van der Waals surface area contributed by atoms with Crippen molar-refractivity contribution in [3.63, 3.8) is 0 Å². The summed E-state index contributed by atoms with van der Waals surface area (Å²) in [6, 6.07) is 1.56. The smallest absolute Gasteiger partial charge is 0.233 e. The fraction of sp³-hybridized carbons (Fsp3) is 0.583. The Morgan fingerprint density at radius 1 is 1.61 bits per heavy atom. The number of halogens is 1. The predicted octanol–water partition coefficient (Wildman–Crippen LogP) is 1.85. The fourth-order valence-corrected chi connectivity index (χ4v) is 2.54.